The fraction of sp³-hybridized carbons (Fsp3) is 0.917. The van der Waals surface area contributed by atoms with Crippen LogP contribution in [-0.2, 0) is 4.79 Å². The van der Waals surface area contributed by atoms with E-state index in [0.29, 0.717) is 18.2 Å². The maximum atomic E-state index is 11.9. The number of carbonyl (C=O) groups excluding carboxylic acids is 1. The van der Waals surface area contributed by atoms with Crippen LogP contribution in [0.15, 0.2) is 0 Å². The minimum Gasteiger partial charge on any atom is -0.396 e. The highest BCUT2D eigenvalue weighted by Gasteiger charge is 2.17. The Bertz CT molecular complexity index is 205. The van der Waals surface area contributed by atoms with Crippen LogP contribution in [0.4, 0.5) is 0 Å². The molecule has 3 nitrogen and oxygen atoms in total. The predicted octanol–water partition coefficient (Wildman–Crippen LogP) is 2.17. The van der Waals surface area contributed by atoms with Crippen molar-refractivity contribution in [1.82, 2.24) is 4.90 Å². The third-order valence-electron chi connectivity index (χ3n) is 3.23. The number of aliphatic hydroxyl groups is 1. The summed E-state index contributed by atoms with van der Waals surface area (Å²) in [5, 5.41) is 9.74. The fourth-order valence-corrected chi connectivity index (χ4v) is 2.76. The number of hydrogen-bond acceptors (Lipinski definition) is 2. The molecule has 1 rings (SSSR count). The van der Waals surface area contributed by atoms with Gasteiger partial charge in [-0.15, -0.1) is 0 Å². The van der Waals surface area contributed by atoms with Crippen LogP contribution < -0.4 is 0 Å². The molecular formula is C12H22BrNO2. The first-order valence-electron chi connectivity index (χ1n) is 6.22. The molecule has 4 heteroatoms. The van der Waals surface area contributed by atoms with E-state index in [9.17, 15) is 4.79 Å². The Labute approximate surface area is 106 Å². The molecule has 0 saturated carbocycles. The number of rotatable bonds is 6. The molecule has 0 spiro atoms. The Balaban J connectivity index is 2.22. The van der Waals surface area contributed by atoms with Gasteiger partial charge in [-0.2, -0.15) is 0 Å². The van der Waals surface area contributed by atoms with Gasteiger partial charge in [-0.3, -0.25) is 4.79 Å². The normalized spacial score (nSPS) is 18.5. The molecule has 0 aliphatic carbocycles. The molecule has 94 valence electrons. The number of likely N-dealkylation sites (tertiary alicyclic amines) is 1. The van der Waals surface area contributed by atoms with Crippen LogP contribution in [0.3, 0.4) is 0 Å². The Hall–Kier alpha value is -0.0900. The minimum absolute atomic E-state index is 0.216. The van der Waals surface area contributed by atoms with Crippen molar-refractivity contribution in [2.75, 3.05) is 25.0 Å². The summed E-state index contributed by atoms with van der Waals surface area (Å²) in [5.41, 5.74) is 0. The van der Waals surface area contributed by atoms with Gasteiger partial charge in [-0.25, -0.2) is 0 Å². The molecule has 1 aliphatic rings. The summed E-state index contributed by atoms with van der Waals surface area (Å²) >= 11 is 3.43. The monoisotopic (exact) mass is 291 g/mol. The predicted molar refractivity (Wildman–Crippen MR) is 68.7 cm³/mol. The molecule has 1 atom stereocenters. The zero-order chi connectivity index (χ0) is 11.8. The number of nitrogens with zero attached hydrogens (tertiary/aromatic N) is 1. The van der Waals surface area contributed by atoms with Crippen molar-refractivity contribution in [3.05, 3.63) is 0 Å². The van der Waals surface area contributed by atoms with Crippen LogP contribution in [0.5, 0.6) is 0 Å². The highest BCUT2D eigenvalue weighted by Crippen LogP contribution is 2.16. The van der Waals surface area contributed by atoms with Gasteiger partial charge in [-0.1, -0.05) is 15.9 Å². The van der Waals surface area contributed by atoms with Gasteiger partial charge in [0.25, 0.3) is 0 Å². The summed E-state index contributed by atoms with van der Waals surface area (Å²) in [6.45, 7) is 2.10. The van der Waals surface area contributed by atoms with Crippen LogP contribution in [0, 0.1) is 5.92 Å². The average molecular weight is 292 g/mol. The summed E-state index contributed by atoms with van der Waals surface area (Å²) in [4.78, 5) is 13.9. The van der Waals surface area contributed by atoms with E-state index >= 15 is 0 Å². The van der Waals surface area contributed by atoms with Crippen molar-refractivity contribution in [2.24, 2.45) is 5.92 Å². The second-order valence-corrected chi connectivity index (χ2v) is 5.16. The van der Waals surface area contributed by atoms with E-state index < -0.39 is 0 Å². The third-order valence-corrected chi connectivity index (χ3v) is 4.15. The largest absolute Gasteiger partial charge is 0.396 e. The maximum Gasteiger partial charge on any atom is 0.222 e. The van der Waals surface area contributed by atoms with Crippen molar-refractivity contribution in [1.29, 1.82) is 0 Å². The smallest absolute Gasteiger partial charge is 0.222 e. The van der Waals surface area contributed by atoms with Gasteiger partial charge in [0, 0.05) is 31.4 Å². The molecule has 1 heterocycles. The average Bonchev–Trinajstić information content (AvgIpc) is 2.35. The van der Waals surface area contributed by atoms with Gasteiger partial charge < -0.3 is 10.0 Å². The summed E-state index contributed by atoms with van der Waals surface area (Å²) < 4.78 is 0. The fourth-order valence-electron chi connectivity index (χ4n) is 2.11. The lowest BCUT2D eigenvalue weighted by Gasteiger charge is -2.27. The first-order chi connectivity index (χ1) is 7.77. The molecule has 1 unspecified atom stereocenters. The lowest BCUT2D eigenvalue weighted by molar-refractivity contribution is -0.132. The van der Waals surface area contributed by atoms with Gasteiger partial charge in [0.1, 0.15) is 0 Å². The number of carbonyl (C=O) groups is 1. The summed E-state index contributed by atoms with van der Waals surface area (Å²) in [7, 11) is 0. The van der Waals surface area contributed by atoms with Crippen LogP contribution in [0.1, 0.15) is 38.5 Å². The molecular weight excluding hydrogens is 270 g/mol. The number of piperidine rings is 1. The lowest BCUT2D eigenvalue weighted by Crippen LogP contribution is -2.35. The topological polar surface area (TPSA) is 40.5 Å². The zero-order valence-corrected chi connectivity index (χ0v) is 11.4. The minimum atomic E-state index is 0.216. The highest BCUT2D eigenvalue weighted by molar-refractivity contribution is 9.09. The van der Waals surface area contributed by atoms with E-state index in [-0.39, 0.29) is 6.61 Å². The molecule has 0 radical (unpaired) electrons. The van der Waals surface area contributed by atoms with Gasteiger partial charge in [0.05, 0.1) is 0 Å². The van der Waals surface area contributed by atoms with Gasteiger partial charge in [0.2, 0.25) is 5.91 Å². The quantitative estimate of drug-likeness (QED) is 0.762. The second kappa shape index (κ2) is 8.07. The van der Waals surface area contributed by atoms with E-state index in [1.807, 2.05) is 4.90 Å². The lowest BCUT2D eigenvalue weighted by atomic mass is 10.0. The number of amides is 1. The van der Waals surface area contributed by atoms with Gasteiger partial charge in [-0.05, 0) is 38.0 Å². The summed E-state index contributed by atoms with van der Waals surface area (Å²) in [6.07, 6.45) is 5.89. The van der Waals surface area contributed by atoms with Crippen molar-refractivity contribution in [3.63, 3.8) is 0 Å². The summed E-state index contributed by atoms with van der Waals surface area (Å²) in [5.74, 6) is 0.724. The molecule has 1 saturated heterocycles. The van der Waals surface area contributed by atoms with Gasteiger partial charge >= 0.3 is 0 Å². The molecule has 0 aromatic carbocycles. The third kappa shape index (κ3) is 4.83. The molecule has 1 aliphatic heterocycles. The molecule has 0 aromatic rings. The SMILES string of the molecule is O=C(CCC(CBr)CCO)N1CCCCC1. The van der Waals surface area contributed by atoms with Crippen molar-refractivity contribution >= 4 is 21.8 Å². The van der Waals surface area contributed by atoms with Crippen LogP contribution in [-0.4, -0.2) is 40.9 Å². The van der Waals surface area contributed by atoms with E-state index in [1.165, 1.54) is 6.42 Å². The second-order valence-electron chi connectivity index (χ2n) is 4.51. The molecule has 1 fully saturated rings. The number of aliphatic hydroxyl groups excluding tert-OH is 1. The Morgan fingerprint density at radius 1 is 1.25 bits per heavy atom. The molecule has 1 amide bonds. The highest BCUT2D eigenvalue weighted by atomic mass is 79.9. The molecule has 1 N–H and O–H groups in total. The van der Waals surface area contributed by atoms with Crippen molar-refractivity contribution in [3.8, 4) is 0 Å². The van der Waals surface area contributed by atoms with Crippen molar-refractivity contribution < 1.29 is 9.90 Å². The first-order valence-corrected chi connectivity index (χ1v) is 7.34. The Morgan fingerprint density at radius 2 is 1.94 bits per heavy atom. The number of hydrogen-bond donors (Lipinski definition) is 1. The molecule has 16 heavy (non-hydrogen) atoms. The van der Waals surface area contributed by atoms with E-state index in [0.717, 1.165) is 44.1 Å². The number of halogens is 1. The Kier molecular flexibility index (Phi) is 7.05. The van der Waals surface area contributed by atoms with E-state index in [1.54, 1.807) is 0 Å². The molecule has 0 bridgehead atoms. The summed E-state index contributed by atoms with van der Waals surface area (Å²) in [6, 6.07) is 0. The zero-order valence-electron chi connectivity index (χ0n) is 9.83. The van der Waals surface area contributed by atoms with E-state index in [4.69, 9.17) is 5.11 Å². The van der Waals surface area contributed by atoms with Crippen LogP contribution in [0.25, 0.3) is 0 Å². The number of alkyl halides is 1. The first kappa shape index (κ1) is 14.0. The van der Waals surface area contributed by atoms with Crippen LogP contribution >= 0.6 is 15.9 Å². The standard InChI is InChI=1S/C12H22BrNO2/c13-10-11(6-9-15)4-5-12(16)14-7-2-1-3-8-14/h11,15H,1-10H2. The van der Waals surface area contributed by atoms with Crippen molar-refractivity contribution in [2.45, 2.75) is 38.5 Å². The Morgan fingerprint density at radius 3 is 2.50 bits per heavy atom. The van der Waals surface area contributed by atoms with Gasteiger partial charge in [0.15, 0.2) is 0 Å². The van der Waals surface area contributed by atoms with E-state index in [2.05, 4.69) is 15.9 Å². The maximum absolute atomic E-state index is 11.9. The van der Waals surface area contributed by atoms with Crippen LogP contribution in [0.2, 0.25) is 0 Å². The molecule has 0 aromatic heterocycles.